The number of rotatable bonds is 4. The molecule has 1 aliphatic heterocycles. The second kappa shape index (κ2) is 5.50. The Bertz CT molecular complexity index is 613. The third-order valence-electron chi connectivity index (χ3n) is 2.60. The highest BCUT2D eigenvalue weighted by molar-refractivity contribution is 7.94. The molecular weight excluding hydrogens is 271 g/mol. The van der Waals surface area contributed by atoms with Gasteiger partial charge in [-0.15, -0.1) is 0 Å². The van der Waals surface area contributed by atoms with Gasteiger partial charge in [-0.05, 0) is 12.1 Å². The van der Waals surface area contributed by atoms with Crippen LogP contribution in [0.25, 0.3) is 0 Å². The highest BCUT2D eigenvalue weighted by Gasteiger charge is 2.21. The molecule has 1 unspecified atom stereocenters. The Morgan fingerprint density at radius 2 is 2.11 bits per heavy atom. The molecule has 0 spiro atoms. The zero-order chi connectivity index (χ0) is 13.9. The van der Waals surface area contributed by atoms with Gasteiger partial charge in [0.2, 0.25) is 5.91 Å². The van der Waals surface area contributed by atoms with Gasteiger partial charge in [-0.1, -0.05) is 18.2 Å². The van der Waals surface area contributed by atoms with E-state index in [4.69, 9.17) is 0 Å². The van der Waals surface area contributed by atoms with Crippen molar-refractivity contribution in [2.24, 2.45) is 0 Å². The number of anilines is 1. The maximum Gasteiger partial charge on any atom is 0.238 e. The van der Waals surface area contributed by atoms with Crippen molar-refractivity contribution in [3.63, 3.8) is 0 Å². The fraction of sp³-hybridized carbons (Fsp3) is 0.250. The summed E-state index contributed by atoms with van der Waals surface area (Å²) in [6.45, 7) is -0.0845. The lowest BCUT2D eigenvalue weighted by Gasteiger charge is -2.10. The average molecular weight is 284 g/mol. The number of para-hydroxylation sites is 1. The van der Waals surface area contributed by atoms with Gasteiger partial charge in [0.1, 0.15) is 5.82 Å². The molecule has 1 atom stereocenters. The van der Waals surface area contributed by atoms with E-state index in [9.17, 15) is 17.6 Å². The normalized spacial score (nSPS) is 20.4. The molecule has 0 saturated carbocycles. The Morgan fingerprint density at radius 1 is 1.37 bits per heavy atom. The molecule has 1 aromatic rings. The largest absolute Gasteiger partial charge is 0.322 e. The zero-order valence-corrected chi connectivity index (χ0v) is 10.8. The van der Waals surface area contributed by atoms with Crippen LogP contribution in [0.5, 0.6) is 0 Å². The summed E-state index contributed by atoms with van der Waals surface area (Å²) in [5.41, 5.74) is 0.101. The second-order valence-electron chi connectivity index (χ2n) is 4.17. The van der Waals surface area contributed by atoms with Gasteiger partial charge >= 0.3 is 0 Å². The van der Waals surface area contributed by atoms with Gasteiger partial charge in [-0.3, -0.25) is 4.79 Å². The SMILES string of the molecule is O=C(CNC1C=CS(=O)(=O)C1)Nc1ccccc1F. The van der Waals surface area contributed by atoms with Crippen LogP contribution >= 0.6 is 0 Å². The van der Waals surface area contributed by atoms with Crippen LogP contribution in [-0.2, 0) is 14.6 Å². The summed E-state index contributed by atoms with van der Waals surface area (Å²) < 4.78 is 35.6. The van der Waals surface area contributed by atoms with E-state index in [2.05, 4.69) is 10.6 Å². The van der Waals surface area contributed by atoms with Gasteiger partial charge in [0.15, 0.2) is 9.84 Å². The maximum atomic E-state index is 13.3. The first kappa shape index (κ1) is 13.7. The molecule has 0 radical (unpaired) electrons. The molecule has 0 fully saturated rings. The van der Waals surface area contributed by atoms with Gasteiger partial charge in [-0.25, -0.2) is 12.8 Å². The lowest BCUT2D eigenvalue weighted by molar-refractivity contribution is -0.115. The van der Waals surface area contributed by atoms with Crippen molar-refractivity contribution in [1.82, 2.24) is 5.32 Å². The number of carbonyl (C=O) groups excluding carboxylic acids is 1. The Balaban J connectivity index is 1.83. The van der Waals surface area contributed by atoms with Crippen LogP contribution in [0.4, 0.5) is 10.1 Å². The maximum absolute atomic E-state index is 13.3. The first-order valence-corrected chi connectivity index (χ1v) is 7.36. The molecule has 1 aliphatic rings. The predicted octanol–water partition coefficient (Wildman–Crippen LogP) is 0.665. The molecule has 1 aromatic carbocycles. The number of amides is 1. The molecule has 0 aromatic heterocycles. The molecular formula is C12H13FN2O3S. The van der Waals surface area contributed by atoms with E-state index in [1.807, 2.05) is 0 Å². The van der Waals surface area contributed by atoms with E-state index >= 15 is 0 Å². The van der Waals surface area contributed by atoms with E-state index in [0.717, 1.165) is 5.41 Å². The molecule has 0 bridgehead atoms. The van der Waals surface area contributed by atoms with E-state index in [1.54, 1.807) is 6.07 Å². The van der Waals surface area contributed by atoms with Crippen LogP contribution in [-0.4, -0.2) is 32.7 Å². The molecule has 1 heterocycles. The number of hydrogen-bond donors (Lipinski definition) is 2. The molecule has 0 aliphatic carbocycles. The first-order valence-electron chi connectivity index (χ1n) is 5.65. The Hall–Kier alpha value is -1.73. The summed E-state index contributed by atoms with van der Waals surface area (Å²) in [4.78, 5) is 11.6. The minimum absolute atomic E-state index is 0.0556. The van der Waals surface area contributed by atoms with Crippen molar-refractivity contribution in [2.75, 3.05) is 17.6 Å². The number of benzene rings is 1. The van der Waals surface area contributed by atoms with Crippen molar-refractivity contribution in [2.45, 2.75) is 6.04 Å². The average Bonchev–Trinajstić information content (AvgIpc) is 2.69. The quantitative estimate of drug-likeness (QED) is 0.852. The van der Waals surface area contributed by atoms with E-state index in [1.165, 1.54) is 24.3 Å². The van der Waals surface area contributed by atoms with Crippen molar-refractivity contribution in [3.8, 4) is 0 Å². The Labute approximate surface area is 110 Å². The summed E-state index contributed by atoms with van der Waals surface area (Å²) in [7, 11) is -3.14. The fourth-order valence-corrected chi connectivity index (χ4v) is 2.95. The lowest BCUT2D eigenvalue weighted by Crippen LogP contribution is -2.36. The summed E-state index contributed by atoms with van der Waals surface area (Å²) in [6.07, 6.45) is 1.49. The standard InChI is InChI=1S/C12H13FN2O3S/c13-10-3-1-2-4-11(10)15-12(16)7-14-9-5-6-19(17,18)8-9/h1-6,9,14H,7-8H2,(H,15,16). The molecule has 5 nitrogen and oxygen atoms in total. The van der Waals surface area contributed by atoms with Crippen LogP contribution in [0.2, 0.25) is 0 Å². The summed E-state index contributed by atoms with van der Waals surface area (Å²) in [5.74, 6) is -0.998. The molecule has 2 rings (SSSR count). The highest BCUT2D eigenvalue weighted by atomic mass is 32.2. The van der Waals surface area contributed by atoms with E-state index in [0.29, 0.717) is 0 Å². The minimum atomic E-state index is -3.14. The fourth-order valence-electron chi connectivity index (χ4n) is 1.68. The predicted molar refractivity (Wildman–Crippen MR) is 69.7 cm³/mol. The van der Waals surface area contributed by atoms with Crippen LogP contribution < -0.4 is 10.6 Å². The van der Waals surface area contributed by atoms with E-state index < -0.39 is 21.6 Å². The van der Waals surface area contributed by atoms with Crippen molar-refractivity contribution in [1.29, 1.82) is 0 Å². The molecule has 102 valence electrons. The number of carbonyl (C=O) groups is 1. The molecule has 2 N–H and O–H groups in total. The number of sulfone groups is 1. The van der Waals surface area contributed by atoms with Crippen molar-refractivity contribution in [3.05, 3.63) is 41.6 Å². The lowest BCUT2D eigenvalue weighted by atomic mass is 10.3. The monoisotopic (exact) mass is 284 g/mol. The van der Waals surface area contributed by atoms with Gasteiger partial charge < -0.3 is 10.6 Å². The van der Waals surface area contributed by atoms with Crippen LogP contribution in [0, 0.1) is 5.82 Å². The summed E-state index contributed by atoms with van der Waals surface area (Å²) in [5, 5.41) is 6.31. The van der Waals surface area contributed by atoms with Gasteiger partial charge in [0.25, 0.3) is 0 Å². The Kier molecular flexibility index (Phi) is 3.96. The molecule has 7 heteroatoms. The van der Waals surface area contributed by atoms with Crippen molar-refractivity contribution < 1.29 is 17.6 Å². The topological polar surface area (TPSA) is 75.3 Å². The summed E-state index contributed by atoms with van der Waals surface area (Å²) >= 11 is 0. The second-order valence-corrected chi connectivity index (χ2v) is 6.10. The molecule has 0 saturated heterocycles. The number of halogens is 1. The van der Waals surface area contributed by atoms with E-state index in [-0.39, 0.29) is 24.0 Å². The number of nitrogens with one attached hydrogen (secondary N) is 2. The first-order chi connectivity index (χ1) is 8.96. The minimum Gasteiger partial charge on any atom is -0.322 e. The number of hydrogen-bond acceptors (Lipinski definition) is 4. The smallest absolute Gasteiger partial charge is 0.238 e. The summed E-state index contributed by atoms with van der Waals surface area (Å²) in [6, 6.07) is 5.45. The van der Waals surface area contributed by atoms with Crippen molar-refractivity contribution >= 4 is 21.4 Å². The highest BCUT2D eigenvalue weighted by Crippen LogP contribution is 2.12. The Morgan fingerprint density at radius 3 is 2.74 bits per heavy atom. The van der Waals surface area contributed by atoms with Gasteiger partial charge in [-0.2, -0.15) is 0 Å². The van der Waals surface area contributed by atoms with Gasteiger partial charge in [0.05, 0.1) is 18.0 Å². The third-order valence-corrected chi connectivity index (χ3v) is 4.00. The van der Waals surface area contributed by atoms with Crippen LogP contribution in [0.15, 0.2) is 35.7 Å². The molecule has 19 heavy (non-hydrogen) atoms. The van der Waals surface area contributed by atoms with Crippen LogP contribution in [0.3, 0.4) is 0 Å². The third kappa shape index (κ3) is 3.87. The van der Waals surface area contributed by atoms with Gasteiger partial charge in [0, 0.05) is 11.4 Å². The molecule has 1 amide bonds. The van der Waals surface area contributed by atoms with Crippen LogP contribution in [0.1, 0.15) is 0 Å². The zero-order valence-electron chi connectivity index (χ0n) is 9.97.